The lowest BCUT2D eigenvalue weighted by Gasteiger charge is -1.99. The molecule has 3 rings (SSSR count). The number of benzene rings is 2. The molecule has 3 aromatic rings. The van der Waals surface area contributed by atoms with Gasteiger partial charge in [0.1, 0.15) is 5.01 Å². The van der Waals surface area contributed by atoms with Crippen LogP contribution in [-0.2, 0) is 11.3 Å². The molecule has 0 aliphatic rings. The molecule has 114 valence electrons. The van der Waals surface area contributed by atoms with Gasteiger partial charge in [0.25, 0.3) is 0 Å². The van der Waals surface area contributed by atoms with Crippen molar-refractivity contribution < 1.29 is 4.79 Å². The van der Waals surface area contributed by atoms with Crippen molar-refractivity contribution in [1.82, 2.24) is 10.3 Å². The van der Waals surface area contributed by atoms with Crippen LogP contribution in [0, 0.1) is 0 Å². The Kier molecular flexibility index (Phi) is 4.96. The lowest BCUT2D eigenvalue weighted by molar-refractivity contribution is -0.116. The maximum Gasteiger partial charge on any atom is 0.244 e. The Hall–Kier alpha value is -2.72. The molecule has 0 unspecified atom stereocenters. The molecule has 0 spiro atoms. The normalized spacial score (nSPS) is 10.8. The fraction of sp³-hybridized carbons (Fsp3) is 0.0526. The zero-order valence-corrected chi connectivity index (χ0v) is 13.3. The van der Waals surface area contributed by atoms with Crippen LogP contribution in [0.4, 0.5) is 0 Å². The van der Waals surface area contributed by atoms with Crippen LogP contribution in [0.25, 0.3) is 16.6 Å². The zero-order valence-electron chi connectivity index (χ0n) is 12.5. The second kappa shape index (κ2) is 7.51. The van der Waals surface area contributed by atoms with Crippen LogP contribution < -0.4 is 5.32 Å². The predicted molar refractivity (Wildman–Crippen MR) is 94.9 cm³/mol. The molecule has 0 fully saturated rings. The average molecular weight is 320 g/mol. The molecular formula is C19H16N2OS. The molecular weight excluding hydrogens is 304 g/mol. The van der Waals surface area contributed by atoms with E-state index in [2.05, 4.69) is 10.3 Å². The molecule has 1 aromatic heterocycles. The van der Waals surface area contributed by atoms with E-state index in [1.807, 2.05) is 66.0 Å². The minimum atomic E-state index is -0.122. The Bertz CT molecular complexity index is 795. The molecule has 23 heavy (non-hydrogen) atoms. The highest BCUT2D eigenvalue weighted by Crippen LogP contribution is 2.23. The summed E-state index contributed by atoms with van der Waals surface area (Å²) in [7, 11) is 0. The monoisotopic (exact) mass is 320 g/mol. The Morgan fingerprint density at radius 2 is 1.74 bits per heavy atom. The number of thiazole rings is 1. The minimum Gasteiger partial charge on any atom is -0.347 e. The lowest BCUT2D eigenvalue weighted by atomic mass is 10.2. The van der Waals surface area contributed by atoms with E-state index in [9.17, 15) is 4.79 Å². The first-order chi connectivity index (χ1) is 11.3. The first-order valence-corrected chi connectivity index (χ1v) is 8.20. The van der Waals surface area contributed by atoms with Crippen LogP contribution in [0.3, 0.4) is 0 Å². The largest absolute Gasteiger partial charge is 0.347 e. The molecule has 0 bridgehead atoms. The molecule has 3 nitrogen and oxygen atoms in total. The standard InChI is InChI=1S/C19H16N2OS/c22-18(12-11-15-7-3-1-4-8-15)20-13-17-14-23-19(21-17)16-9-5-2-6-10-16/h1-12,14H,13H2,(H,20,22)/b12-11+. The number of carbonyl (C=O) groups is 1. The summed E-state index contributed by atoms with van der Waals surface area (Å²) in [6, 6.07) is 19.8. The van der Waals surface area contributed by atoms with Gasteiger partial charge in [0.2, 0.25) is 5.91 Å². The van der Waals surface area contributed by atoms with Crippen LogP contribution in [0.2, 0.25) is 0 Å². The number of carbonyl (C=O) groups excluding carboxylic acids is 1. The first kappa shape index (κ1) is 15.2. The van der Waals surface area contributed by atoms with Gasteiger partial charge in [-0.15, -0.1) is 11.3 Å². The Morgan fingerprint density at radius 3 is 2.48 bits per heavy atom. The molecule has 1 N–H and O–H groups in total. The molecule has 1 heterocycles. The number of hydrogen-bond acceptors (Lipinski definition) is 3. The van der Waals surface area contributed by atoms with E-state index < -0.39 is 0 Å². The number of amides is 1. The van der Waals surface area contributed by atoms with Crippen molar-refractivity contribution in [2.24, 2.45) is 0 Å². The predicted octanol–water partition coefficient (Wildman–Crippen LogP) is 4.14. The van der Waals surface area contributed by atoms with E-state index in [1.165, 1.54) is 0 Å². The molecule has 2 aromatic carbocycles. The van der Waals surface area contributed by atoms with E-state index >= 15 is 0 Å². The molecule has 0 aliphatic carbocycles. The van der Waals surface area contributed by atoms with Crippen molar-refractivity contribution in [3.05, 3.63) is 83.4 Å². The van der Waals surface area contributed by atoms with Crippen LogP contribution in [-0.4, -0.2) is 10.9 Å². The van der Waals surface area contributed by atoms with Gasteiger partial charge in [-0.2, -0.15) is 0 Å². The van der Waals surface area contributed by atoms with Crippen molar-refractivity contribution in [2.45, 2.75) is 6.54 Å². The van der Waals surface area contributed by atoms with Crippen molar-refractivity contribution >= 4 is 23.3 Å². The molecule has 0 aliphatic heterocycles. The third kappa shape index (κ3) is 4.37. The van der Waals surface area contributed by atoms with Crippen molar-refractivity contribution in [2.75, 3.05) is 0 Å². The maximum absolute atomic E-state index is 11.8. The SMILES string of the molecule is O=C(/C=C/c1ccccc1)NCc1csc(-c2ccccc2)n1. The summed E-state index contributed by atoms with van der Waals surface area (Å²) in [5, 5.41) is 5.80. The number of hydrogen-bond donors (Lipinski definition) is 1. The zero-order chi connectivity index (χ0) is 15.9. The summed E-state index contributed by atoms with van der Waals surface area (Å²) < 4.78 is 0. The van der Waals surface area contributed by atoms with Gasteiger partial charge in [-0.25, -0.2) is 4.98 Å². The topological polar surface area (TPSA) is 42.0 Å². The molecule has 0 saturated heterocycles. The second-order valence-electron chi connectivity index (χ2n) is 4.97. The summed E-state index contributed by atoms with van der Waals surface area (Å²) in [6.45, 7) is 0.432. The van der Waals surface area contributed by atoms with Gasteiger partial charge in [-0.05, 0) is 11.6 Å². The van der Waals surface area contributed by atoms with Gasteiger partial charge in [-0.3, -0.25) is 4.79 Å². The van der Waals surface area contributed by atoms with E-state index in [0.29, 0.717) is 6.54 Å². The van der Waals surface area contributed by atoms with Crippen LogP contribution in [0.5, 0.6) is 0 Å². The van der Waals surface area contributed by atoms with Crippen LogP contribution in [0.15, 0.2) is 72.1 Å². The Balaban J connectivity index is 1.55. The fourth-order valence-corrected chi connectivity index (χ4v) is 2.90. The fourth-order valence-electron chi connectivity index (χ4n) is 2.07. The van der Waals surface area contributed by atoms with Gasteiger partial charge >= 0.3 is 0 Å². The van der Waals surface area contributed by atoms with Gasteiger partial charge in [-0.1, -0.05) is 60.7 Å². The van der Waals surface area contributed by atoms with E-state index in [4.69, 9.17) is 0 Å². The maximum atomic E-state index is 11.8. The van der Waals surface area contributed by atoms with Gasteiger partial charge in [0.15, 0.2) is 0 Å². The highest BCUT2D eigenvalue weighted by Gasteiger charge is 2.05. The smallest absolute Gasteiger partial charge is 0.244 e. The van der Waals surface area contributed by atoms with E-state index in [0.717, 1.165) is 21.8 Å². The van der Waals surface area contributed by atoms with Crippen molar-refractivity contribution in [3.63, 3.8) is 0 Å². The molecule has 0 radical (unpaired) electrons. The summed E-state index contributed by atoms with van der Waals surface area (Å²) in [5.74, 6) is -0.122. The number of nitrogens with one attached hydrogen (secondary N) is 1. The summed E-state index contributed by atoms with van der Waals surface area (Å²) in [5.41, 5.74) is 2.97. The first-order valence-electron chi connectivity index (χ1n) is 7.32. The lowest BCUT2D eigenvalue weighted by Crippen LogP contribution is -2.20. The molecule has 1 amide bonds. The van der Waals surface area contributed by atoms with Gasteiger partial charge in [0.05, 0.1) is 12.2 Å². The van der Waals surface area contributed by atoms with Crippen molar-refractivity contribution in [3.8, 4) is 10.6 Å². The molecule has 0 saturated carbocycles. The second-order valence-corrected chi connectivity index (χ2v) is 5.83. The van der Waals surface area contributed by atoms with Crippen LogP contribution >= 0.6 is 11.3 Å². The summed E-state index contributed by atoms with van der Waals surface area (Å²) >= 11 is 1.58. The van der Waals surface area contributed by atoms with Crippen LogP contribution in [0.1, 0.15) is 11.3 Å². The minimum absolute atomic E-state index is 0.122. The number of rotatable bonds is 5. The molecule has 0 atom stereocenters. The Labute approximate surface area is 139 Å². The Morgan fingerprint density at radius 1 is 1.04 bits per heavy atom. The van der Waals surface area contributed by atoms with Crippen molar-refractivity contribution in [1.29, 1.82) is 0 Å². The quantitative estimate of drug-likeness (QED) is 0.718. The third-order valence-corrected chi connectivity index (χ3v) is 4.18. The summed E-state index contributed by atoms with van der Waals surface area (Å²) in [6.07, 6.45) is 3.34. The summed E-state index contributed by atoms with van der Waals surface area (Å²) in [4.78, 5) is 16.4. The average Bonchev–Trinajstić information content (AvgIpc) is 3.09. The van der Waals surface area contributed by atoms with E-state index in [-0.39, 0.29) is 5.91 Å². The third-order valence-electron chi connectivity index (χ3n) is 3.24. The van der Waals surface area contributed by atoms with Gasteiger partial charge in [0, 0.05) is 17.0 Å². The highest BCUT2D eigenvalue weighted by atomic mass is 32.1. The molecule has 4 heteroatoms. The number of nitrogens with zero attached hydrogens (tertiary/aromatic N) is 1. The highest BCUT2D eigenvalue weighted by molar-refractivity contribution is 7.13. The van der Waals surface area contributed by atoms with E-state index in [1.54, 1.807) is 23.5 Å². The van der Waals surface area contributed by atoms with Gasteiger partial charge < -0.3 is 5.32 Å². The number of aromatic nitrogens is 1.